The second-order valence-corrected chi connectivity index (χ2v) is 7.64. The average molecular weight is 393 g/mol. The van der Waals surface area contributed by atoms with Crippen LogP contribution in [-0.2, 0) is 4.79 Å². The van der Waals surface area contributed by atoms with E-state index in [9.17, 15) is 9.18 Å². The average Bonchev–Trinajstić information content (AvgIpc) is 3.16. The zero-order chi connectivity index (χ0) is 19.1. The predicted molar refractivity (Wildman–Crippen MR) is 100 cm³/mol. The molecule has 0 unspecified atom stereocenters. The molecule has 1 N–H and O–H groups in total. The Labute approximate surface area is 162 Å². The lowest BCUT2D eigenvalue weighted by Crippen LogP contribution is -2.31. The largest absolute Gasteiger partial charge is 0.481 e. The van der Waals surface area contributed by atoms with Gasteiger partial charge in [-0.25, -0.2) is 4.39 Å². The molecule has 1 saturated carbocycles. The van der Waals surface area contributed by atoms with Gasteiger partial charge in [0.1, 0.15) is 11.6 Å². The highest BCUT2D eigenvalue weighted by Crippen LogP contribution is 2.25. The quantitative estimate of drug-likeness (QED) is 0.679. The van der Waals surface area contributed by atoms with Crippen LogP contribution in [0.1, 0.15) is 51.0 Å². The van der Waals surface area contributed by atoms with E-state index in [1.54, 1.807) is 6.92 Å². The summed E-state index contributed by atoms with van der Waals surface area (Å²) in [4.78, 5) is 12.0. The Morgan fingerprint density at radius 2 is 2.04 bits per heavy atom. The number of rotatable bonds is 8. The molecule has 0 spiro atoms. The lowest BCUT2D eigenvalue weighted by atomic mass is 9.89. The first-order chi connectivity index (χ1) is 13.1. The van der Waals surface area contributed by atoms with Crippen LogP contribution in [0.4, 0.5) is 4.39 Å². The highest BCUT2D eigenvalue weighted by Gasteiger charge is 2.18. The number of carbonyl (C=O) groups excluding carboxylic acids is 1. The third-order valence-corrected chi connectivity index (χ3v) is 5.35. The lowest BCUT2D eigenvalue weighted by molar-refractivity contribution is -0.118. The van der Waals surface area contributed by atoms with Gasteiger partial charge in [-0.15, -0.1) is 10.2 Å². The summed E-state index contributed by atoms with van der Waals surface area (Å²) in [5, 5.41) is 11.2. The van der Waals surface area contributed by atoms with Crippen LogP contribution < -0.4 is 10.1 Å². The van der Waals surface area contributed by atoms with Crippen molar-refractivity contribution in [3.63, 3.8) is 0 Å². The zero-order valence-electron chi connectivity index (χ0n) is 15.3. The number of nitrogens with one attached hydrogen (secondary N) is 1. The SMILES string of the molecule is C[C@H](Oc1ccc(F)cc1)c1nnc(SCC(=O)NCC2CCCCC2)o1. The van der Waals surface area contributed by atoms with Crippen molar-refractivity contribution in [1.29, 1.82) is 0 Å². The lowest BCUT2D eigenvalue weighted by Gasteiger charge is -2.21. The summed E-state index contributed by atoms with van der Waals surface area (Å²) in [5.74, 6) is 1.31. The van der Waals surface area contributed by atoms with Crippen molar-refractivity contribution in [2.24, 2.45) is 5.92 Å². The summed E-state index contributed by atoms with van der Waals surface area (Å²) in [6.45, 7) is 2.51. The predicted octanol–water partition coefficient (Wildman–Crippen LogP) is 4.14. The van der Waals surface area contributed by atoms with Crippen LogP contribution in [0.25, 0.3) is 0 Å². The van der Waals surface area contributed by atoms with Gasteiger partial charge in [0, 0.05) is 6.54 Å². The number of amides is 1. The van der Waals surface area contributed by atoms with E-state index in [1.165, 1.54) is 68.1 Å². The summed E-state index contributed by atoms with van der Waals surface area (Å²) in [6, 6.07) is 5.72. The minimum atomic E-state index is -0.475. The van der Waals surface area contributed by atoms with Crippen LogP contribution in [0, 0.1) is 11.7 Å². The maximum atomic E-state index is 12.9. The summed E-state index contributed by atoms with van der Waals surface area (Å²) >= 11 is 1.20. The monoisotopic (exact) mass is 393 g/mol. The van der Waals surface area contributed by atoms with E-state index >= 15 is 0 Å². The Kier molecular flexibility index (Phi) is 7.09. The van der Waals surface area contributed by atoms with Gasteiger partial charge >= 0.3 is 0 Å². The minimum absolute atomic E-state index is 0.0269. The van der Waals surface area contributed by atoms with E-state index in [0.717, 1.165) is 6.54 Å². The molecule has 3 rings (SSSR count). The van der Waals surface area contributed by atoms with Crippen molar-refractivity contribution in [2.45, 2.75) is 50.4 Å². The molecule has 1 aliphatic carbocycles. The van der Waals surface area contributed by atoms with Crippen molar-refractivity contribution >= 4 is 17.7 Å². The topological polar surface area (TPSA) is 77.2 Å². The highest BCUT2D eigenvalue weighted by atomic mass is 32.2. The molecule has 2 aromatic rings. The first kappa shape index (κ1) is 19.7. The van der Waals surface area contributed by atoms with Crippen molar-refractivity contribution in [1.82, 2.24) is 15.5 Å². The van der Waals surface area contributed by atoms with Crippen molar-refractivity contribution in [2.75, 3.05) is 12.3 Å². The number of hydrogen-bond donors (Lipinski definition) is 1. The van der Waals surface area contributed by atoms with Crippen molar-refractivity contribution < 1.29 is 18.3 Å². The number of hydrogen-bond acceptors (Lipinski definition) is 6. The van der Waals surface area contributed by atoms with Gasteiger partial charge in [-0.05, 0) is 49.9 Å². The van der Waals surface area contributed by atoms with Gasteiger partial charge in [0.15, 0.2) is 6.10 Å². The number of aromatic nitrogens is 2. The number of thioether (sulfide) groups is 1. The first-order valence-electron chi connectivity index (χ1n) is 9.25. The molecular formula is C19H24FN3O3S. The summed E-state index contributed by atoms with van der Waals surface area (Å²) < 4.78 is 24.1. The van der Waals surface area contributed by atoms with Crippen LogP contribution >= 0.6 is 11.8 Å². The second-order valence-electron chi connectivity index (χ2n) is 6.72. The van der Waals surface area contributed by atoms with Gasteiger partial charge in [-0.2, -0.15) is 0 Å². The fourth-order valence-electron chi connectivity index (χ4n) is 3.04. The van der Waals surface area contributed by atoms with Gasteiger partial charge in [-0.3, -0.25) is 4.79 Å². The molecule has 1 aliphatic rings. The Hall–Kier alpha value is -2.09. The van der Waals surface area contributed by atoms with Crippen LogP contribution in [-0.4, -0.2) is 28.4 Å². The third-order valence-electron chi connectivity index (χ3n) is 4.54. The maximum Gasteiger partial charge on any atom is 0.277 e. The number of nitrogens with zero attached hydrogens (tertiary/aromatic N) is 2. The zero-order valence-corrected chi connectivity index (χ0v) is 16.1. The molecule has 6 nitrogen and oxygen atoms in total. The Balaban J connectivity index is 1.41. The molecule has 1 amide bonds. The maximum absolute atomic E-state index is 12.9. The van der Waals surface area contributed by atoms with Gasteiger partial charge in [0.2, 0.25) is 5.91 Å². The normalized spacial score (nSPS) is 16.1. The molecule has 1 fully saturated rings. The molecule has 8 heteroatoms. The molecule has 0 bridgehead atoms. The molecule has 1 aromatic heterocycles. The summed E-state index contributed by atoms with van der Waals surface area (Å²) in [5.41, 5.74) is 0. The smallest absolute Gasteiger partial charge is 0.277 e. The molecule has 0 saturated heterocycles. The van der Waals surface area contributed by atoms with E-state index in [4.69, 9.17) is 9.15 Å². The molecule has 1 atom stereocenters. The van der Waals surface area contributed by atoms with Crippen LogP contribution in [0.3, 0.4) is 0 Å². The summed E-state index contributed by atoms with van der Waals surface area (Å²) in [7, 11) is 0. The van der Waals surface area contributed by atoms with Crippen LogP contribution in [0.2, 0.25) is 0 Å². The second kappa shape index (κ2) is 9.73. The first-order valence-corrected chi connectivity index (χ1v) is 10.2. The number of carbonyl (C=O) groups is 1. The number of ether oxygens (including phenoxy) is 1. The number of halogens is 1. The van der Waals surface area contributed by atoms with E-state index in [0.29, 0.717) is 22.8 Å². The van der Waals surface area contributed by atoms with E-state index in [1.807, 2.05) is 0 Å². The highest BCUT2D eigenvalue weighted by molar-refractivity contribution is 7.99. The van der Waals surface area contributed by atoms with E-state index in [-0.39, 0.29) is 17.5 Å². The Morgan fingerprint density at radius 1 is 1.30 bits per heavy atom. The molecule has 1 aromatic carbocycles. The Morgan fingerprint density at radius 3 is 2.78 bits per heavy atom. The number of benzene rings is 1. The van der Waals surface area contributed by atoms with Crippen LogP contribution in [0.5, 0.6) is 5.75 Å². The molecular weight excluding hydrogens is 369 g/mol. The van der Waals surface area contributed by atoms with Gasteiger partial charge in [-0.1, -0.05) is 31.0 Å². The fourth-order valence-corrected chi connectivity index (χ4v) is 3.64. The molecule has 1 heterocycles. The molecule has 146 valence electrons. The van der Waals surface area contributed by atoms with Gasteiger partial charge in [0.25, 0.3) is 11.1 Å². The standard InChI is InChI=1S/C19H24FN3O3S/c1-13(25-16-9-7-15(20)8-10-16)18-22-23-19(26-18)27-12-17(24)21-11-14-5-3-2-4-6-14/h7-10,13-14H,2-6,11-12H2,1H3,(H,21,24)/t13-/m0/s1. The minimum Gasteiger partial charge on any atom is -0.481 e. The molecule has 0 aliphatic heterocycles. The third kappa shape index (κ3) is 6.23. The summed E-state index contributed by atoms with van der Waals surface area (Å²) in [6.07, 6.45) is 5.76. The van der Waals surface area contributed by atoms with Crippen molar-refractivity contribution in [3.8, 4) is 5.75 Å². The van der Waals surface area contributed by atoms with E-state index < -0.39 is 6.10 Å². The van der Waals surface area contributed by atoms with Gasteiger partial charge in [0.05, 0.1) is 5.75 Å². The molecule has 0 radical (unpaired) electrons. The fraction of sp³-hybridized carbons (Fsp3) is 0.526. The van der Waals surface area contributed by atoms with E-state index in [2.05, 4.69) is 15.5 Å². The Bertz CT molecular complexity index is 732. The molecule has 27 heavy (non-hydrogen) atoms. The van der Waals surface area contributed by atoms with Crippen molar-refractivity contribution in [3.05, 3.63) is 36.0 Å². The van der Waals surface area contributed by atoms with Crippen LogP contribution in [0.15, 0.2) is 33.9 Å². The van der Waals surface area contributed by atoms with Gasteiger partial charge < -0.3 is 14.5 Å².